The SMILES string of the molecule is CNC(CCC1CCCO1)c1ccoc1Cl. The Hall–Kier alpha value is -0.510. The zero-order chi connectivity index (χ0) is 11.4. The second-order valence-corrected chi connectivity index (χ2v) is 4.55. The minimum Gasteiger partial charge on any atom is -0.453 e. The summed E-state index contributed by atoms with van der Waals surface area (Å²) in [7, 11) is 1.95. The number of ether oxygens (including phenoxy) is 1. The van der Waals surface area contributed by atoms with E-state index in [0.717, 1.165) is 25.0 Å². The monoisotopic (exact) mass is 243 g/mol. The molecule has 4 heteroatoms. The molecule has 2 heterocycles. The highest BCUT2D eigenvalue weighted by atomic mass is 35.5. The fraction of sp³-hybridized carbons (Fsp3) is 0.667. The number of rotatable bonds is 5. The quantitative estimate of drug-likeness (QED) is 0.863. The zero-order valence-corrected chi connectivity index (χ0v) is 10.3. The molecule has 1 fully saturated rings. The summed E-state index contributed by atoms with van der Waals surface area (Å²) < 4.78 is 10.7. The molecule has 0 saturated carbocycles. The fourth-order valence-corrected chi connectivity index (χ4v) is 2.48. The van der Waals surface area contributed by atoms with Crippen LogP contribution in [0.4, 0.5) is 0 Å². The van der Waals surface area contributed by atoms with Gasteiger partial charge in [-0.15, -0.1) is 0 Å². The minimum atomic E-state index is 0.260. The van der Waals surface area contributed by atoms with Gasteiger partial charge in [0, 0.05) is 18.2 Å². The first kappa shape index (κ1) is 12.0. The van der Waals surface area contributed by atoms with Crippen molar-refractivity contribution >= 4 is 11.6 Å². The second kappa shape index (κ2) is 5.71. The van der Waals surface area contributed by atoms with Crippen LogP contribution < -0.4 is 5.32 Å². The molecule has 0 aliphatic carbocycles. The van der Waals surface area contributed by atoms with Crippen molar-refractivity contribution in [2.24, 2.45) is 0 Å². The molecule has 0 aromatic carbocycles. The molecule has 2 unspecified atom stereocenters. The first-order valence-corrected chi connectivity index (χ1v) is 6.21. The maximum Gasteiger partial charge on any atom is 0.197 e. The Labute approximate surface area is 101 Å². The molecule has 1 saturated heterocycles. The van der Waals surface area contributed by atoms with E-state index in [2.05, 4.69) is 5.32 Å². The fourth-order valence-electron chi connectivity index (χ4n) is 2.23. The average molecular weight is 244 g/mol. The summed E-state index contributed by atoms with van der Waals surface area (Å²) in [6, 6.07) is 2.19. The Morgan fingerprint density at radius 3 is 3.06 bits per heavy atom. The Morgan fingerprint density at radius 2 is 2.50 bits per heavy atom. The highest BCUT2D eigenvalue weighted by molar-refractivity contribution is 6.29. The third kappa shape index (κ3) is 2.78. The predicted molar refractivity (Wildman–Crippen MR) is 63.7 cm³/mol. The number of hydrogen-bond donors (Lipinski definition) is 1. The van der Waals surface area contributed by atoms with E-state index in [4.69, 9.17) is 20.8 Å². The number of halogens is 1. The van der Waals surface area contributed by atoms with Gasteiger partial charge >= 0.3 is 0 Å². The highest BCUT2D eigenvalue weighted by Crippen LogP contribution is 2.29. The molecule has 2 atom stereocenters. The van der Waals surface area contributed by atoms with Crippen LogP contribution >= 0.6 is 11.6 Å². The molecule has 0 amide bonds. The van der Waals surface area contributed by atoms with Crippen molar-refractivity contribution in [2.45, 2.75) is 37.8 Å². The van der Waals surface area contributed by atoms with E-state index in [1.165, 1.54) is 12.8 Å². The van der Waals surface area contributed by atoms with Gasteiger partial charge in [0.25, 0.3) is 0 Å². The van der Waals surface area contributed by atoms with E-state index in [1.54, 1.807) is 6.26 Å². The van der Waals surface area contributed by atoms with Gasteiger partial charge in [-0.05, 0) is 50.4 Å². The highest BCUT2D eigenvalue weighted by Gasteiger charge is 2.20. The Morgan fingerprint density at radius 1 is 1.62 bits per heavy atom. The molecule has 90 valence electrons. The lowest BCUT2D eigenvalue weighted by Gasteiger charge is -2.17. The summed E-state index contributed by atoms with van der Waals surface area (Å²) in [5.74, 6) is 0. The van der Waals surface area contributed by atoms with Gasteiger partial charge in [0.2, 0.25) is 0 Å². The third-order valence-electron chi connectivity index (χ3n) is 3.17. The maximum absolute atomic E-state index is 5.97. The summed E-state index contributed by atoms with van der Waals surface area (Å²) in [4.78, 5) is 0. The van der Waals surface area contributed by atoms with Gasteiger partial charge in [-0.25, -0.2) is 0 Å². The van der Waals surface area contributed by atoms with E-state index in [9.17, 15) is 0 Å². The van der Waals surface area contributed by atoms with Crippen molar-refractivity contribution in [1.29, 1.82) is 0 Å². The van der Waals surface area contributed by atoms with E-state index >= 15 is 0 Å². The molecular weight excluding hydrogens is 226 g/mol. The van der Waals surface area contributed by atoms with Crippen molar-refractivity contribution < 1.29 is 9.15 Å². The van der Waals surface area contributed by atoms with Gasteiger partial charge in [-0.3, -0.25) is 0 Å². The van der Waals surface area contributed by atoms with Crippen LogP contribution in [-0.4, -0.2) is 19.8 Å². The lowest BCUT2D eigenvalue weighted by Crippen LogP contribution is -2.18. The van der Waals surface area contributed by atoms with Crippen LogP contribution in [0.15, 0.2) is 16.7 Å². The first-order chi connectivity index (χ1) is 7.81. The Bertz CT molecular complexity index is 321. The van der Waals surface area contributed by atoms with Gasteiger partial charge in [0.15, 0.2) is 5.22 Å². The molecule has 0 spiro atoms. The van der Waals surface area contributed by atoms with E-state index in [0.29, 0.717) is 11.3 Å². The molecule has 1 N–H and O–H groups in total. The molecule has 1 aromatic rings. The van der Waals surface area contributed by atoms with E-state index in [1.807, 2.05) is 13.1 Å². The van der Waals surface area contributed by atoms with Crippen LogP contribution in [0.1, 0.15) is 37.3 Å². The number of hydrogen-bond acceptors (Lipinski definition) is 3. The van der Waals surface area contributed by atoms with Crippen molar-refractivity contribution in [2.75, 3.05) is 13.7 Å². The van der Waals surface area contributed by atoms with Crippen molar-refractivity contribution in [3.8, 4) is 0 Å². The van der Waals surface area contributed by atoms with Crippen LogP contribution in [0.25, 0.3) is 0 Å². The molecule has 1 aliphatic rings. The zero-order valence-electron chi connectivity index (χ0n) is 9.54. The van der Waals surface area contributed by atoms with Crippen LogP contribution in [-0.2, 0) is 4.74 Å². The van der Waals surface area contributed by atoms with Crippen LogP contribution in [0, 0.1) is 0 Å². The molecule has 1 aliphatic heterocycles. The summed E-state index contributed by atoms with van der Waals surface area (Å²) in [5.41, 5.74) is 1.04. The standard InChI is InChI=1S/C12H18ClNO2/c1-14-11(10-6-8-16-12(10)13)5-4-9-3-2-7-15-9/h6,8-9,11,14H,2-5,7H2,1H3. The number of furan rings is 1. The number of nitrogens with one attached hydrogen (secondary N) is 1. The average Bonchev–Trinajstić information content (AvgIpc) is 2.92. The maximum atomic E-state index is 5.97. The van der Waals surface area contributed by atoms with E-state index < -0.39 is 0 Å². The van der Waals surface area contributed by atoms with Crippen molar-refractivity contribution in [3.05, 3.63) is 23.1 Å². The molecule has 0 bridgehead atoms. The molecule has 1 aromatic heterocycles. The summed E-state index contributed by atoms with van der Waals surface area (Å²) in [5, 5.41) is 3.76. The van der Waals surface area contributed by atoms with E-state index in [-0.39, 0.29) is 6.04 Å². The minimum absolute atomic E-state index is 0.260. The molecule has 16 heavy (non-hydrogen) atoms. The normalized spacial score (nSPS) is 22.5. The Kier molecular flexibility index (Phi) is 4.27. The third-order valence-corrected chi connectivity index (χ3v) is 3.48. The lowest BCUT2D eigenvalue weighted by atomic mass is 10.0. The van der Waals surface area contributed by atoms with Crippen LogP contribution in [0.3, 0.4) is 0 Å². The Balaban J connectivity index is 1.88. The lowest BCUT2D eigenvalue weighted by molar-refractivity contribution is 0.0998. The second-order valence-electron chi connectivity index (χ2n) is 4.20. The molecule has 0 radical (unpaired) electrons. The van der Waals surface area contributed by atoms with Gasteiger partial charge in [-0.2, -0.15) is 0 Å². The summed E-state index contributed by atoms with van der Waals surface area (Å²) in [6.45, 7) is 0.918. The van der Waals surface area contributed by atoms with Crippen LogP contribution in [0.2, 0.25) is 5.22 Å². The topological polar surface area (TPSA) is 34.4 Å². The molecule has 2 rings (SSSR count). The van der Waals surface area contributed by atoms with Gasteiger partial charge in [0.1, 0.15) is 0 Å². The van der Waals surface area contributed by atoms with Crippen molar-refractivity contribution in [1.82, 2.24) is 5.32 Å². The largest absolute Gasteiger partial charge is 0.453 e. The first-order valence-electron chi connectivity index (χ1n) is 5.83. The molecular formula is C12H18ClNO2. The van der Waals surface area contributed by atoms with Crippen molar-refractivity contribution in [3.63, 3.8) is 0 Å². The predicted octanol–water partition coefficient (Wildman–Crippen LogP) is 3.15. The van der Waals surface area contributed by atoms with Crippen LogP contribution in [0.5, 0.6) is 0 Å². The van der Waals surface area contributed by atoms with Gasteiger partial charge in [0.05, 0.1) is 12.4 Å². The summed E-state index contributed by atoms with van der Waals surface area (Å²) in [6.07, 6.45) is 6.56. The smallest absolute Gasteiger partial charge is 0.197 e. The summed E-state index contributed by atoms with van der Waals surface area (Å²) >= 11 is 5.97. The van der Waals surface area contributed by atoms with Gasteiger partial charge in [-0.1, -0.05) is 0 Å². The molecule has 3 nitrogen and oxygen atoms in total. The van der Waals surface area contributed by atoms with Gasteiger partial charge < -0.3 is 14.5 Å².